The van der Waals surface area contributed by atoms with Crippen LogP contribution in [0.4, 0.5) is 0 Å². The Morgan fingerprint density at radius 3 is 2.44 bits per heavy atom. The van der Waals surface area contributed by atoms with E-state index in [0.717, 1.165) is 33.5 Å². The van der Waals surface area contributed by atoms with Gasteiger partial charge >= 0.3 is 0 Å². The Balaban J connectivity index is 1.41. The maximum Gasteiger partial charge on any atom is 0.237 e. The van der Waals surface area contributed by atoms with Crippen molar-refractivity contribution in [1.82, 2.24) is 24.9 Å². The Hall–Kier alpha value is -3.91. The van der Waals surface area contributed by atoms with Crippen molar-refractivity contribution in [1.29, 1.82) is 0 Å². The molecule has 0 bridgehead atoms. The summed E-state index contributed by atoms with van der Waals surface area (Å²) < 4.78 is 12.9. The highest BCUT2D eigenvalue weighted by Gasteiger charge is 2.17. The Bertz CT molecular complexity index is 1380. The third-order valence-corrected chi connectivity index (χ3v) is 6.33. The minimum atomic E-state index is 0.485. The molecule has 0 aliphatic carbocycles. The third kappa shape index (κ3) is 4.72. The van der Waals surface area contributed by atoms with Crippen LogP contribution in [0.2, 0.25) is 0 Å². The Labute approximate surface area is 201 Å². The van der Waals surface area contributed by atoms with Crippen LogP contribution in [0.15, 0.2) is 88.5 Å². The van der Waals surface area contributed by atoms with Crippen molar-refractivity contribution in [2.24, 2.45) is 0 Å². The second-order valence-corrected chi connectivity index (χ2v) is 8.65. The number of methoxy groups -OCH3 is 1. The van der Waals surface area contributed by atoms with E-state index in [2.05, 4.69) is 37.0 Å². The molecule has 0 radical (unpaired) electrons. The lowest BCUT2D eigenvalue weighted by atomic mass is 10.1. The fraction of sp³-hybridized carbons (Fsp3) is 0.154. The van der Waals surface area contributed by atoms with E-state index in [4.69, 9.17) is 9.26 Å². The number of hydrogen-bond acceptors (Lipinski definition) is 7. The van der Waals surface area contributed by atoms with Crippen LogP contribution < -0.4 is 4.74 Å². The molecule has 0 aliphatic rings. The quantitative estimate of drug-likeness (QED) is 0.277. The molecule has 0 N–H and O–H groups in total. The normalized spacial score (nSPS) is 11.0. The fourth-order valence-corrected chi connectivity index (χ4v) is 4.46. The van der Waals surface area contributed by atoms with Crippen LogP contribution >= 0.6 is 11.8 Å². The molecule has 170 valence electrons. The number of nitrogens with zero attached hydrogens (tertiary/aromatic N) is 5. The van der Waals surface area contributed by atoms with Gasteiger partial charge in [-0.05, 0) is 42.3 Å². The van der Waals surface area contributed by atoms with E-state index in [0.29, 0.717) is 23.9 Å². The molecule has 5 aromatic rings. The molecular weight excluding hydrogens is 446 g/mol. The average Bonchev–Trinajstić information content (AvgIpc) is 3.51. The fourth-order valence-electron chi connectivity index (χ4n) is 3.65. The van der Waals surface area contributed by atoms with E-state index in [1.165, 1.54) is 17.3 Å². The molecule has 3 aromatic carbocycles. The van der Waals surface area contributed by atoms with Gasteiger partial charge in [0.2, 0.25) is 11.7 Å². The van der Waals surface area contributed by atoms with E-state index >= 15 is 0 Å². The second kappa shape index (κ2) is 9.93. The highest BCUT2D eigenvalue weighted by molar-refractivity contribution is 7.98. The van der Waals surface area contributed by atoms with Gasteiger partial charge in [-0.1, -0.05) is 71.5 Å². The summed E-state index contributed by atoms with van der Waals surface area (Å²) in [5.41, 5.74) is 4.20. The van der Waals surface area contributed by atoms with Crippen molar-refractivity contribution in [3.05, 3.63) is 102 Å². The lowest BCUT2D eigenvalue weighted by Crippen LogP contribution is -2.04. The molecule has 34 heavy (non-hydrogen) atoms. The van der Waals surface area contributed by atoms with E-state index in [1.54, 1.807) is 7.11 Å². The monoisotopic (exact) mass is 469 g/mol. The number of aromatic nitrogens is 5. The maximum atomic E-state index is 5.52. The molecule has 8 heteroatoms. The first-order valence-corrected chi connectivity index (χ1v) is 11.8. The van der Waals surface area contributed by atoms with Gasteiger partial charge in [-0.15, -0.1) is 10.2 Å². The highest BCUT2D eigenvalue weighted by atomic mass is 32.2. The molecule has 0 amide bonds. The van der Waals surface area contributed by atoms with Gasteiger partial charge in [0.1, 0.15) is 11.6 Å². The summed E-state index contributed by atoms with van der Waals surface area (Å²) in [6.07, 6.45) is 0.665. The lowest BCUT2D eigenvalue weighted by Gasteiger charge is -2.11. The number of aryl methyl sites for hydroxylation is 1. The van der Waals surface area contributed by atoms with Gasteiger partial charge in [0.15, 0.2) is 5.16 Å². The van der Waals surface area contributed by atoms with Crippen LogP contribution in [-0.4, -0.2) is 32.0 Å². The highest BCUT2D eigenvalue weighted by Crippen LogP contribution is 2.28. The number of thioether (sulfide) groups is 1. The number of rotatable bonds is 8. The zero-order valence-corrected chi connectivity index (χ0v) is 19.7. The smallest absolute Gasteiger partial charge is 0.237 e. The van der Waals surface area contributed by atoms with E-state index in [9.17, 15) is 0 Å². The molecule has 0 spiro atoms. The maximum absolute atomic E-state index is 5.52. The van der Waals surface area contributed by atoms with Crippen molar-refractivity contribution in [2.45, 2.75) is 24.3 Å². The van der Waals surface area contributed by atoms with E-state index in [1.807, 2.05) is 73.7 Å². The van der Waals surface area contributed by atoms with Crippen molar-refractivity contribution in [3.8, 4) is 22.8 Å². The molecule has 7 nitrogen and oxygen atoms in total. The molecule has 0 aliphatic heterocycles. The van der Waals surface area contributed by atoms with Gasteiger partial charge in [0, 0.05) is 17.7 Å². The van der Waals surface area contributed by atoms with Gasteiger partial charge < -0.3 is 9.26 Å². The molecule has 0 atom stereocenters. The number of ether oxygens (including phenoxy) is 1. The zero-order chi connectivity index (χ0) is 23.3. The van der Waals surface area contributed by atoms with Gasteiger partial charge in [0.05, 0.1) is 12.9 Å². The summed E-state index contributed by atoms with van der Waals surface area (Å²) in [7, 11) is 1.66. The first-order chi connectivity index (χ1) is 16.7. The van der Waals surface area contributed by atoms with Gasteiger partial charge in [-0.25, -0.2) is 0 Å². The Morgan fingerprint density at radius 1 is 0.912 bits per heavy atom. The van der Waals surface area contributed by atoms with Crippen molar-refractivity contribution >= 4 is 11.8 Å². The van der Waals surface area contributed by atoms with E-state index < -0.39 is 0 Å². The van der Waals surface area contributed by atoms with Crippen LogP contribution in [0, 0.1) is 6.92 Å². The predicted octanol–water partition coefficient (Wildman–Crippen LogP) is 5.52. The first-order valence-electron chi connectivity index (χ1n) is 10.9. The number of benzene rings is 3. The number of hydrogen-bond donors (Lipinski definition) is 0. The van der Waals surface area contributed by atoms with Crippen molar-refractivity contribution in [2.75, 3.05) is 7.11 Å². The van der Waals surface area contributed by atoms with Crippen LogP contribution in [0.5, 0.6) is 5.75 Å². The van der Waals surface area contributed by atoms with Crippen LogP contribution in [0.1, 0.15) is 22.8 Å². The van der Waals surface area contributed by atoms with Crippen molar-refractivity contribution < 1.29 is 9.26 Å². The van der Waals surface area contributed by atoms with Crippen molar-refractivity contribution in [3.63, 3.8) is 0 Å². The molecule has 0 unspecified atom stereocenters. The molecular formula is C26H23N5O2S. The summed E-state index contributed by atoms with van der Waals surface area (Å²) in [4.78, 5) is 4.58. The second-order valence-electron chi connectivity index (χ2n) is 7.71. The molecule has 0 saturated heterocycles. The summed E-state index contributed by atoms with van der Waals surface area (Å²) in [5.74, 6) is 3.26. The third-order valence-electron chi connectivity index (χ3n) is 5.41. The molecule has 2 aromatic heterocycles. The molecule has 0 fully saturated rings. The minimum Gasteiger partial charge on any atom is -0.497 e. The average molecular weight is 470 g/mol. The van der Waals surface area contributed by atoms with E-state index in [-0.39, 0.29) is 0 Å². The van der Waals surface area contributed by atoms with Crippen LogP contribution in [-0.2, 0) is 12.2 Å². The summed E-state index contributed by atoms with van der Waals surface area (Å²) >= 11 is 1.51. The Kier molecular flexibility index (Phi) is 6.40. The molecule has 5 rings (SSSR count). The Morgan fingerprint density at radius 2 is 1.68 bits per heavy atom. The van der Waals surface area contributed by atoms with Crippen LogP contribution in [0.25, 0.3) is 17.1 Å². The lowest BCUT2D eigenvalue weighted by molar-refractivity contribution is 0.391. The van der Waals surface area contributed by atoms with Gasteiger partial charge in [-0.2, -0.15) is 4.98 Å². The SMILES string of the molecule is COc1ccc(-n2c(Cc3ccccc3)nnc2SCc2nc(-c3ccccc3C)no2)cc1. The van der Waals surface area contributed by atoms with Crippen LogP contribution in [0.3, 0.4) is 0 Å². The molecule has 2 heterocycles. The first kappa shape index (κ1) is 21.9. The zero-order valence-electron chi connectivity index (χ0n) is 18.9. The van der Waals surface area contributed by atoms with Gasteiger partial charge in [0.25, 0.3) is 0 Å². The summed E-state index contributed by atoms with van der Waals surface area (Å²) in [6, 6.07) is 26.1. The summed E-state index contributed by atoms with van der Waals surface area (Å²) in [6.45, 7) is 2.03. The summed E-state index contributed by atoms with van der Waals surface area (Å²) in [5, 5.41) is 13.9. The van der Waals surface area contributed by atoms with Gasteiger partial charge in [-0.3, -0.25) is 4.57 Å². The largest absolute Gasteiger partial charge is 0.497 e. The molecule has 0 saturated carbocycles. The predicted molar refractivity (Wildman–Crippen MR) is 131 cm³/mol. The standard InChI is InChI=1S/C26H23N5O2S/c1-18-8-6-7-11-22(18)25-27-24(33-30-25)17-34-26-29-28-23(16-19-9-4-3-5-10-19)31(26)20-12-14-21(32-2)15-13-20/h3-15H,16-17H2,1-2H3. The minimum absolute atomic E-state index is 0.485. The topological polar surface area (TPSA) is 78.9 Å².